The highest BCUT2D eigenvalue weighted by molar-refractivity contribution is 5.90. The third-order valence-corrected chi connectivity index (χ3v) is 3.70. The van der Waals surface area contributed by atoms with Gasteiger partial charge >= 0.3 is 6.09 Å². The molecule has 1 aromatic carbocycles. The monoisotopic (exact) mass is 321 g/mol. The van der Waals surface area contributed by atoms with Crippen molar-refractivity contribution in [3.63, 3.8) is 0 Å². The van der Waals surface area contributed by atoms with E-state index in [4.69, 9.17) is 15.2 Å². The number of methoxy groups -OCH3 is 1. The summed E-state index contributed by atoms with van der Waals surface area (Å²) in [7, 11) is 1.62. The van der Waals surface area contributed by atoms with Gasteiger partial charge in [0.05, 0.1) is 18.5 Å². The molecule has 0 bridgehead atoms. The zero-order chi connectivity index (χ0) is 17.0. The number of nitrogens with one attached hydrogen (secondary N) is 2. The van der Waals surface area contributed by atoms with Crippen LogP contribution in [0.25, 0.3) is 0 Å². The fourth-order valence-corrected chi connectivity index (χ4v) is 2.66. The van der Waals surface area contributed by atoms with Gasteiger partial charge in [0, 0.05) is 18.2 Å². The summed E-state index contributed by atoms with van der Waals surface area (Å²) in [5.41, 5.74) is 6.91. The molecule has 4 N–H and O–H groups in total. The topological polar surface area (TPSA) is 85.6 Å². The molecule has 1 aromatic rings. The van der Waals surface area contributed by atoms with Crippen LogP contribution >= 0.6 is 0 Å². The highest BCUT2D eigenvalue weighted by Crippen LogP contribution is 2.31. The Balaban J connectivity index is 2.12. The van der Waals surface area contributed by atoms with E-state index in [1.54, 1.807) is 19.2 Å². The number of nitrogens with two attached hydrogens (primary N) is 1. The van der Waals surface area contributed by atoms with Crippen LogP contribution in [0.3, 0.4) is 0 Å². The maximum atomic E-state index is 12.0. The average Bonchev–Trinajstić information content (AvgIpc) is 2.84. The van der Waals surface area contributed by atoms with E-state index in [0.717, 1.165) is 30.7 Å². The Morgan fingerprint density at radius 2 is 2.00 bits per heavy atom. The second-order valence-electron chi connectivity index (χ2n) is 6.95. The fourth-order valence-electron chi connectivity index (χ4n) is 2.66. The summed E-state index contributed by atoms with van der Waals surface area (Å²) >= 11 is 0. The standard InChI is InChI=1S/C17H27N3O3/c1-17(2,3)23-16(21)20-14-8-7-13(22-4)10-15(14)19-12-6-5-11(18)9-12/h7-8,10-12,19H,5-6,9,18H2,1-4H3,(H,20,21). The van der Waals surface area contributed by atoms with Crippen LogP contribution < -0.4 is 21.1 Å². The van der Waals surface area contributed by atoms with Gasteiger partial charge < -0.3 is 20.5 Å². The van der Waals surface area contributed by atoms with Crippen LogP contribution in [0.5, 0.6) is 5.75 Å². The minimum absolute atomic E-state index is 0.236. The maximum Gasteiger partial charge on any atom is 0.412 e. The van der Waals surface area contributed by atoms with Crippen molar-refractivity contribution in [3.8, 4) is 5.75 Å². The third kappa shape index (κ3) is 5.32. The smallest absolute Gasteiger partial charge is 0.412 e. The van der Waals surface area contributed by atoms with Gasteiger partial charge in [0.1, 0.15) is 11.4 Å². The van der Waals surface area contributed by atoms with Crippen LogP contribution in [0.15, 0.2) is 18.2 Å². The molecule has 0 spiro atoms. The van der Waals surface area contributed by atoms with Crippen LogP contribution in [-0.2, 0) is 4.74 Å². The molecule has 6 nitrogen and oxygen atoms in total. The first-order valence-electron chi connectivity index (χ1n) is 7.97. The van der Waals surface area contributed by atoms with Gasteiger partial charge in [-0.2, -0.15) is 0 Å². The summed E-state index contributed by atoms with van der Waals surface area (Å²) in [5.74, 6) is 0.726. The van der Waals surface area contributed by atoms with Crippen molar-refractivity contribution >= 4 is 17.5 Å². The summed E-state index contributed by atoms with van der Waals surface area (Å²) in [4.78, 5) is 12.0. The lowest BCUT2D eigenvalue weighted by molar-refractivity contribution is 0.0636. The van der Waals surface area contributed by atoms with Gasteiger partial charge in [0.25, 0.3) is 0 Å². The number of benzene rings is 1. The van der Waals surface area contributed by atoms with Gasteiger partial charge in [-0.05, 0) is 52.2 Å². The second-order valence-corrected chi connectivity index (χ2v) is 6.95. The van der Waals surface area contributed by atoms with E-state index >= 15 is 0 Å². The van der Waals surface area contributed by atoms with Gasteiger partial charge in [-0.25, -0.2) is 4.79 Å². The Labute approximate surface area is 137 Å². The van der Waals surface area contributed by atoms with E-state index in [9.17, 15) is 4.79 Å². The zero-order valence-corrected chi connectivity index (χ0v) is 14.3. The first-order chi connectivity index (χ1) is 10.8. The highest BCUT2D eigenvalue weighted by Gasteiger charge is 2.23. The molecule has 2 rings (SSSR count). The van der Waals surface area contributed by atoms with Gasteiger partial charge in [0.15, 0.2) is 0 Å². The van der Waals surface area contributed by atoms with Gasteiger partial charge in [-0.1, -0.05) is 0 Å². The molecule has 1 amide bonds. The predicted molar refractivity (Wildman–Crippen MR) is 92.1 cm³/mol. The Hall–Kier alpha value is -1.95. The molecule has 1 aliphatic rings. The zero-order valence-electron chi connectivity index (χ0n) is 14.3. The van der Waals surface area contributed by atoms with E-state index in [2.05, 4.69) is 10.6 Å². The summed E-state index contributed by atoms with van der Waals surface area (Å²) in [6.45, 7) is 5.50. The van der Waals surface area contributed by atoms with Crippen LogP contribution in [0, 0.1) is 0 Å². The molecule has 0 aliphatic heterocycles. The SMILES string of the molecule is COc1ccc(NC(=O)OC(C)(C)C)c(NC2CCC(N)C2)c1. The van der Waals surface area contributed by atoms with Crippen LogP contribution in [-0.4, -0.2) is 30.9 Å². The summed E-state index contributed by atoms with van der Waals surface area (Å²) in [6.07, 6.45) is 2.47. The number of anilines is 2. The molecule has 1 fully saturated rings. The number of carbonyl (C=O) groups excluding carboxylic acids is 1. The Morgan fingerprint density at radius 1 is 1.26 bits per heavy atom. The first-order valence-corrected chi connectivity index (χ1v) is 7.97. The van der Waals surface area contributed by atoms with E-state index in [0.29, 0.717) is 11.7 Å². The molecule has 0 saturated heterocycles. The predicted octanol–water partition coefficient (Wildman–Crippen LogP) is 3.33. The van der Waals surface area contributed by atoms with Gasteiger partial charge in [-0.15, -0.1) is 0 Å². The molecular formula is C17H27N3O3. The van der Waals surface area contributed by atoms with Crippen LogP contribution in [0.4, 0.5) is 16.2 Å². The molecule has 0 aromatic heterocycles. The van der Waals surface area contributed by atoms with Crippen molar-refractivity contribution in [1.82, 2.24) is 0 Å². The third-order valence-electron chi connectivity index (χ3n) is 3.70. The molecule has 2 unspecified atom stereocenters. The normalized spacial score (nSPS) is 20.9. The number of ether oxygens (including phenoxy) is 2. The lowest BCUT2D eigenvalue weighted by Gasteiger charge is -2.22. The molecule has 2 atom stereocenters. The van der Waals surface area contributed by atoms with Crippen molar-refractivity contribution in [2.24, 2.45) is 5.73 Å². The lowest BCUT2D eigenvalue weighted by atomic mass is 10.2. The Kier molecular flexibility index (Phi) is 5.36. The van der Waals surface area contributed by atoms with Gasteiger partial charge in [0.2, 0.25) is 0 Å². The van der Waals surface area contributed by atoms with E-state index in [1.807, 2.05) is 26.8 Å². The quantitative estimate of drug-likeness (QED) is 0.792. The fraction of sp³-hybridized carbons (Fsp3) is 0.588. The highest BCUT2D eigenvalue weighted by atomic mass is 16.6. The van der Waals surface area contributed by atoms with Crippen LogP contribution in [0.1, 0.15) is 40.0 Å². The van der Waals surface area contributed by atoms with Crippen LogP contribution in [0.2, 0.25) is 0 Å². The van der Waals surface area contributed by atoms with E-state index in [1.165, 1.54) is 0 Å². The van der Waals surface area contributed by atoms with E-state index in [-0.39, 0.29) is 6.04 Å². The van der Waals surface area contributed by atoms with Crippen molar-refractivity contribution in [1.29, 1.82) is 0 Å². The second kappa shape index (κ2) is 7.08. The maximum absolute atomic E-state index is 12.0. The molecule has 23 heavy (non-hydrogen) atoms. The largest absolute Gasteiger partial charge is 0.497 e. The molecular weight excluding hydrogens is 294 g/mol. The summed E-state index contributed by atoms with van der Waals surface area (Å²) in [6, 6.07) is 6.02. The Bertz CT molecular complexity index is 555. The molecule has 6 heteroatoms. The average molecular weight is 321 g/mol. The molecule has 1 aliphatic carbocycles. The van der Waals surface area contributed by atoms with Gasteiger partial charge in [-0.3, -0.25) is 5.32 Å². The molecule has 0 heterocycles. The summed E-state index contributed by atoms with van der Waals surface area (Å²) in [5, 5.41) is 6.25. The minimum atomic E-state index is -0.539. The molecule has 128 valence electrons. The molecule has 0 radical (unpaired) electrons. The van der Waals surface area contributed by atoms with Crippen molar-refractivity contribution in [3.05, 3.63) is 18.2 Å². The molecule has 1 saturated carbocycles. The number of rotatable bonds is 4. The minimum Gasteiger partial charge on any atom is -0.497 e. The lowest BCUT2D eigenvalue weighted by Crippen LogP contribution is -2.28. The first kappa shape index (κ1) is 17.4. The number of hydrogen-bond donors (Lipinski definition) is 3. The van der Waals surface area contributed by atoms with Crippen molar-refractivity contribution in [2.45, 2.75) is 57.7 Å². The number of carbonyl (C=O) groups is 1. The van der Waals surface area contributed by atoms with Crippen molar-refractivity contribution in [2.75, 3.05) is 17.7 Å². The summed E-state index contributed by atoms with van der Waals surface area (Å²) < 4.78 is 10.6. The van der Waals surface area contributed by atoms with E-state index < -0.39 is 11.7 Å². The Morgan fingerprint density at radius 3 is 2.57 bits per heavy atom. The number of amides is 1. The number of hydrogen-bond acceptors (Lipinski definition) is 5. The van der Waals surface area contributed by atoms with Crippen molar-refractivity contribution < 1.29 is 14.3 Å².